The normalized spacial score (nSPS) is 10.9. The van der Waals surface area contributed by atoms with Crippen LogP contribution >= 0.6 is 0 Å². The number of hydrogen-bond acceptors (Lipinski definition) is 1. The standard InChI is InChI=1S/C7H9N3/c1-2-6-8-9-7-4-3-5-10(6)7/h3-5,9H,2H2,1H3. The van der Waals surface area contributed by atoms with E-state index in [1.54, 1.807) is 0 Å². The average molecular weight is 135 g/mol. The second kappa shape index (κ2) is 1.87. The number of hydrogen-bond donors (Lipinski definition) is 1. The largest absolute Gasteiger partial charge is 0.288 e. The molecule has 2 rings (SSSR count). The molecule has 0 spiro atoms. The van der Waals surface area contributed by atoms with Gasteiger partial charge in [0.25, 0.3) is 0 Å². The monoisotopic (exact) mass is 135 g/mol. The Bertz CT molecular complexity index is 331. The molecule has 3 nitrogen and oxygen atoms in total. The van der Waals surface area contributed by atoms with Gasteiger partial charge in [0.15, 0.2) is 0 Å². The second-order valence-electron chi connectivity index (χ2n) is 2.26. The minimum atomic E-state index is 0.967. The van der Waals surface area contributed by atoms with E-state index in [4.69, 9.17) is 0 Å². The van der Waals surface area contributed by atoms with Gasteiger partial charge in [-0.25, -0.2) is 0 Å². The van der Waals surface area contributed by atoms with Crippen molar-refractivity contribution in [3.8, 4) is 0 Å². The van der Waals surface area contributed by atoms with Crippen molar-refractivity contribution in [3.63, 3.8) is 0 Å². The number of aromatic amines is 1. The number of aromatic nitrogens is 3. The fraction of sp³-hybridized carbons (Fsp3) is 0.286. The summed E-state index contributed by atoms with van der Waals surface area (Å²) in [6, 6.07) is 4.01. The quantitative estimate of drug-likeness (QED) is 0.626. The van der Waals surface area contributed by atoms with Crippen molar-refractivity contribution in [2.45, 2.75) is 13.3 Å². The van der Waals surface area contributed by atoms with Gasteiger partial charge in [0.2, 0.25) is 0 Å². The summed E-state index contributed by atoms with van der Waals surface area (Å²) in [6.07, 6.45) is 2.98. The molecule has 0 fully saturated rings. The van der Waals surface area contributed by atoms with E-state index in [0.29, 0.717) is 0 Å². The highest BCUT2D eigenvalue weighted by Crippen LogP contribution is 2.03. The van der Waals surface area contributed by atoms with Crippen molar-refractivity contribution >= 4 is 5.65 Å². The molecule has 0 aliphatic carbocycles. The zero-order valence-corrected chi connectivity index (χ0v) is 5.83. The first-order valence-electron chi connectivity index (χ1n) is 3.42. The molecule has 0 unspecified atom stereocenters. The molecule has 2 aromatic heterocycles. The van der Waals surface area contributed by atoms with Gasteiger partial charge in [-0.15, -0.1) is 0 Å². The molecule has 10 heavy (non-hydrogen) atoms. The molecule has 3 heteroatoms. The molecule has 52 valence electrons. The Hall–Kier alpha value is -1.25. The maximum absolute atomic E-state index is 4.11. The van der Waals surface area contributed by atoms with Gasteiger partial charge in [-0.1, -0.05) is 6.92 Å². The van der Waals surface area contributed by atoms with Gasteiger partial charge in [-0.05, 0) is 12.1 Å². The van der Waals surface area contributed by atoms with Crippen LogP contribution in [0.5, 0.6) is 0 Å². The summed E-state index contributed by atoms with van der Waals surface area (Å²) in [4.78, 5) is 0. The van der Waals surface area contributed by atoms with Crippen LogP contribution in [0.25, 0.3) is 5.65 Å². The summed E-state index contributed by atoms with van der Waals surface area (Å²) in [5.41, 5.74) is 1.07. The fourth-order valence-electron chi connectivity index (χ4n) is 1.12. The van der Waals surface area contributed by atoms with Crippen LogP contribution in [-0.4, -0.2) is 14.6 Å². The van der Waals surface area contributed by atoms with E-state index in [-0.39, 0.29) is 0 Å². The van der Waals surface area contributed by atoms with Gasteiger partial charge in [0.05, 0.1) is 0 Å². The fourth-order valence-corrected chi connectivity index (χ4v) is 1.12. The Morgan fingerprint density at radius 1 is 1.70 bits per heavy atom. The van der Waals surface area contributed by atoms with Gasteiger partial charge in [0.1, 0.15) is 11.5 Å². The molecular formula is C7H9N3. The molecule has 0 aliphatic heterocycles. The minimum absolute atomic E-state index is 0.967. The van der Waals surface area contributed by atoms with Crippen molar-refractivity contribution in [2.75, 3.05) is 0 Å². The predicted molar refractivity (Wildman–Crippen MR) is 38.9 cm³/mol. The van der Waals surface area contributed by atoms with Gasteiger partial charge < -0.3 is 0 Å². The number of aryl methyl sites for hydroxylation is 1. The lowest BCUT2D eigenvalue weighted by Gasteiger charge is -1.86. The zero-order chi connectivity index (χ0) is 6.97. The Morgan fingerprint density at radius 2 is 2.60 bits per heavy atom. The van der Waals surface area contributed by atoms with E-state index >= 15 is 0 Å². The summed E-state index contributed by atoms with van der Waals surface area (Å²) < 4.78 is 2.06. The molecule has 0 saturated carbocycles. The average Bonchev–Trinajstić information content (AvgIpc) is 2.44. The van der Waals surface area contributed by atoms with Crippen molar-refractivity contribution in [1.29, 1.82) is 0 Å². The molecule has 0 aliphatic rings. The van der Waals surface area contributed by atoms with Crippen molar-refractivity contribution in [1.82, 2.24) is 14.6 Å². The SMILES string of the molecule is CCc1n[nH]c2cccn12. The lowest BCUT2D eigenvalue weighted by molar-refractivity contribution is 0.911. The predicted octanol–water partition coefficient (Wildman–Crippen LogP) is 1.22. The van der Waals surface area contributed by atoms with Crippen LogP contribution in [0.15, 0.2) is 18.3 Å². The van der Waals surface area contributed by atoms with Crippen molar-refractivity contribution in [3.05, 3.63) is 24.2 Å². The molecule has 0 aromatic carbocycles. The third kappa shape index (κ3) is 0.572. The number of fused-ring (bicyclic) bond motifs is 1. The topological polar surface area (TPSA) is 33.1 Å². The maximum Gasteiger partial charge on any atom is 0.134 e. The van der Waals surface area contributed by atoms with E-state index in [9.17, 15) is 0 Å². The molecule has 0 saturated heterocycles. The highest BCUT2D eigenvalue weighted by molar-refractivity contribution is 5.38. The molecule has 2 aromatic rings. The summed E-state index contributed by atoms with van der Waals surface area (Å²) >= 11 is 0. The van der Waals surface area contributed by atoms with E-state index in [0.717, 1.165) is 17.9 Å². The lowest BCUT2D eigenvalue weighted by atomic mass is 10.5. The maximum atomic E-state index is 4.11. The minimum Gasteiger partial charge on any atom is -0.288 e. The number of nitrogens with zero attached hydrogens (tertiary/aromatic N) is 2. The zero-order valence-electron chi connectivity index (χ0n) is 5.83. The van der Waals surface area contributed by atoms with E-state index < -0.39 is 0 Å². The highest BCUT2D eigenvalue weighted by atomic mass is 15.2. The van der Waals surface area contributed by atoms with E-state index in [1.165, 1.54) is 0 Å². The Morgan fingerprint density at radius 3 is 3.40 bits per heavy atom. The van der Waals surface area contributed by atoms with Gasteiger partial charge in [0, 0.05) is 12.6 Å². The first-order valence-corrected chi connectivity index (χ1v) is 3.42. The molecule has 0 atom stereocenters. The van der Waals surface area contributed by atoms with Gasteiger partial charge in [-0.3, -0.25) is 9.50 Å². The molecule has 0 amide bonds. The van der Waals surface area contributed by atoms with Crippen LogP contribution in [0.1, 0.15) is 12.7 Å². The summed E-state index contributed by atoms with van der Waals surface area (Å²) in [6.45, 7) is 2.09. The number of rotatable bonds is 1. The summed E-state index contributed by atoms with van der Waals surface area (Å²) in [7, 11) is 0. The van der Waals surface area contributed by atoms with Crippen LogP contribution in [0.4, 0.5) is 0 Å². The molecule has 0 bridgehead atoms. The van der Waals surface area contributed by atoms with Crippen LogP contribution in [-0.2, 0) is 6.42 Å². The van der Waals surface area contributed by atoms with Crippen molar-refractivity contribution in [2.24, 2.45) is 0 Å². The van der Waals surface area contributed by atoms with Crippen molar-refractivity contribution < 1.29 is 0 Å². The van der Waals surface area contributed by atoms with E-state index in [2.05, 4.69) is 21.5 Å². The van der Waals surface area contributed by atoms with Crippen LogP contribution in [0, 0.1) is 0 Å². The van der Waals surface area contributed by atoms with Gasteiger partial charge >= 0.3 is 0 Å². The summed E-state index contributed by atoms with van der Waals surface area (Å²) in [5.74, 6) is 1.08. The van der Waals surface area contributed by atoms with Crippen LogP contribution < -0.4 is 0 Å². The highest BCUT2D eigenvalue weighted by Gasteiger charge is 1.98. The number of H-pyrrole nitrogens is 1. The molecule has 2 heterocycles. The Kier molecular flexibility index (Phi) is 1.03. The second-order valence-corrected chi connectivity index (χ2v) is 2.26. The van der Waals surface area contributed by atoms with Gasteiger partial charge in [-0.2, -0.15) is 5.10 Å². The smallest absolute Gasteiger partial charge is 0.134 e. The van der Waals surface area contributed by atoms with Crippen LogP contribution in [0.2, 0.25) is 0 Å². The Balaban J connectivity index is 2.76. The molecular weight excluding hydrogens is 126 g/mol. The lowest BCUT2D eigenvalue weighted by Crippen LogP contribution is -1.87. The third-order valence-corrected chi connectivity index (χ3v) is 1.64. The van der Waals surface area contributed by atoms with Crippen LogP contribution in [0.3, 0.4) is 0 Å². The van der Waals surface area contributed by atoms with E-state index in [1.807, 2.05) is 18.3 Å². The number of nitrogens with one attached hydrogen (secondary N) is 1. The molecule has 0 radical (unpaired) electrons. The summed E-state index contributed by atoms with van der Waals surface area (Å²) in [5, 5.41) is 7.04. The third-order valence-electron chi connectivity index (χ3n) is 1.64. The molecule has 1 N–H and O–H groups in total. The Labute approximate surface area is 58.7 Å². The first-order chi connectivity index (χ1) is 4.92. The first kappa shape index (κ1) is 5.53.